The molecular weight excluding hydrogens is 333 g/mol. The van der Waals surface area contributed by atoms with Crippen molar-refractivity contribution in [3.8, 4) is 0 Å². The van der Waals surface area contributed by atoms with E-state index in [1.165, 1.54) is 18.9 Å². The molecule has 3 rings (SSSR count). The highest BCUT2D eigenvalue weighted by molar-refractivity contribution is 5.83. The fourth-order valence-corrected chi connectivity index (χ4v) is 4.16. The summed E-state index contributed by atoms with van der Waals surface area (Å²) in [6.07, 6.45) is 3.56. The van der Waals surface area contributed by atoms with Gasteiger partial charge in [-0.15, -0.1) is 0 Å². The first-order valence-electron chi connectivity index (χ1n) is 9.54. The lowest BCUT2D eigenvalue weighted by Gasteiger charge is -2.41. The van der Waals surface area contributed by atoms with Gasteiger partial charge in [-0.05, 0) is 58.9 Å². The van der Waals surface area contributed by atoms with Gasteiger partial charge in [0.15, 0.2) is 0 Å². The number of carbonyl (C=O) groups is 1. The zero-order valence-electron chi connectivity index (χ0n) is 15.8. The van der Waals surface area contributed by atoms with Crippen LogP contribution in [0.25, 0.3) is 0 Å². The van der Waals surface area contributed by atoms with Gasteiger partial charge in [0.25, 0.3) is 0 Å². The third-order valence-electron chi connectivity index (χ3n) is 5.67. The summed E-state index contributed by atoms with van der Waals surface area (Å²) in [5.74, 6) is -0.453. The van der Waals surface area contributed by atoms with Crippen LogP contribution in [0.2, 0.25) is 0 Å². The molecule has 2 saturated heterocycles. The fourth-order valence-electron chi connectivity index (χ4n) is 4.16. The molecule has 1 aromatic carbocycles. The summed E-state index contributed by atoms with van der Waals surface area (Å²) in [5, 5.41) is 10.9. The topological polar surface area (TPSA) is 47.0 Å². The predicted molar refractivity (Wildman–Crippen MR) is 99.3 cm³/mol. The van der Waals surface area contributed by atoms with Crippen LogP contribution >= 0.6 is 0 Å². The van der Waals surface area contributed by atoms with E-state index in [0.717, 1.165) is 13.1 Å². The summed E-state index contributed by atoms with van der Waals surface area (Å²) >= 11 is 0. The third-order valence-corrected chi connectivity index (χ3v) is 5.67. The second-order valence-corrected chi connectivity index (χ2v) is 7.92. The minimum Gasteiger partial charge on any atom is -0.388 e. The normalized spacial score (nSPS) is 22.0. The molecule has 0 radical (unpaired) electrons. The minimum atomic E-state index is -0.716. The molecule has 2 heterocycles. The average molecular weight is 363 g/mol. The van der Waals surface area contributed by atoms with Crippen molar-refractivity contribution < 1.29 is 14.3 Å². The van der Waals surface area contributed by atoms with Gasteiger partial charge in [-0.25, -0.2) is 4.39 Å². The highest BCUT2D eigenvalue weighted by Crippen LogP contribution is 2.29. The van der Waals surface area contributed by atoms with E-state index in [4.69, 9.17) is 0 Å². The lowest BCUT2D eigenvalue weighted by molar-refractivity contribution is -0.141. The van der Waals surface area contributed by atoms with Gasteiger partial charge < -0.3 is 14.9 Å². The van der Waals surface area contributed by atoms with E-state index in [9.17, 15) is 14.3 Å². The molecule has 0 spiro atoms. The number of hydrogen-bond donors (Lipinski definition) is 1. The molecule has 1 atom stereocenters. The average Bonchev–Trinajstić information content (AvgIpc) is 3.09. The monoisotopic (exact) mass is 363 g/mol. The molecule has 2 aliphatic heterocycles. The van der Waals surface area contributed by atoms with E-state index in [1.54, 1.807) is 42.1 Å². The van der Waals surface area contributed by atoms with Crippen LogP contribution in [0, 0.1) is 5.82 Å². The number of carbonyl (C=O) groups excluding carboxylic acids is 1. The molecule has 5 nitrogen and oxygen atoms in total. The first kappa shape index (κ1) is 19.3. The van der Waals surface area contributed by atoms with Gasteiger partial charge in [-0.2, -0.15) is 0 Å². The molecule has 1 amide bonds. The number of aliphatic hydroxyl groups is 1. The standard InChI is InChI=1S/C20H30FN3O2/c1-22(2)18(16-7-3-4-8-17(16)21)19(25)24-13-9-20(26,10-14-24)15-23-11-5-6-12-23/h3-4,7-8,18,26H,5-6,9-15H2,1-2H3/t18-/m0/s1. The fraction of sp³-hybridized carbons (Fsp3) is 0.650. The number of likely N-dealkylation sites (tertiary alicyclic amines) is 2. The molecule has 0 aliphatic carbocycles. The number of likely N-dealkylation sites (N-methyl/N-ethyl adjacent to an activating group) is 1. The van der Waals surface area contributed by atoms with E-state index in [-0.39, 0.29) is 11.7 Å². The maximum atomic E-state index is 14.2. The van der Waals surface area contributed by atoms with E-state index in [2.05, 4.69) is 4.90 Å². The zero-order valence-corrected chi connectivity index (χ0v) is 15.8. The number of β-amino-alcohol motifs (C(OH)–C–C–N with tert-alkyl or cyclic N) is 1. The number of amides is 1. The Balaban J connectivity index is 1.65. The van der Waals surface area contributed by atoms with E-state index in [1.807, 2.05) is 0 Å². The summed E-state index contributed by atoms with van der Waals surface area (Å²) in [4.78, 5) is 18.9. The highest BCUT2D eigenvalue weighted by Gasteiger charge is 2.38. The summed E-state index contributed by atoms with van der Waals surface area (Å²) in [7, 11) is 3.59. The Bertz CT molecular complexity index is 623. The van der Waals surface area contributed by atoms with Crippen molar-refractivity contribution in [3.63, 3.8) is 0 Å². The van der Waals surface area contributed by atoms with E-state index < -0.39 is 11.6 Å². The Labute approximate surface area is 155 Å². The van der Waals surface area contributed by atoms with Gasteiger partial charge in [0.2, 0.25) is 5.91 Å². The maximum Gasteiger partial charge on any atom is 0.244 e. The van der Waals surface area contributed by atoms with Crippen molar-refractivity contribution in [3.05, 3.63) is 35.6 Å². The van der Waals surface area contributed by atoms with Crippen molar-refractivity contribution in [1.29, 1.82) is 0 Å². The van der Waals surface area contributed by atoms with Crippen LogP contribution in [-0.4, -0.2) is 78.1 Å². The summed E-state index contributed by atoms with van der Waals surface area (Å²) in [5.41, 5.74) is -0.312. The molecule has 0 saturated carbocycles. The Kier molecular flexibility index (Phi) is 5.95. The lowest BCUT2D eigenvalue weighted by Crippen LogP contribution is -2.53. The lowest BCUT2D eigenvalue weighted by atomic mass is 9.90. The van der Waals surface area contributed by atoms with Gasteiger partial charge >= 0.3 is 0 Å². The molecule has 1 N–H and O–H groups in total. The van der Waals surface area contributed by atoms with Crippen LogP contribution in [0.1, 0.15) is 37.3 Å². The number of piperidine rings is 1. The molecule has 2 fully saturated rings. The number of halogens is 1. The summed E-state index contributed by atoms with van der Waals surface area (Å²) < 4.78 is 14.2. The van der Waals surface area contributed by atoms with Crippen LogP contribution in [-0.2, 0) is 4.79 Å². The van der Waals surface area contributed by atoms with Crippen LogP contribution in [0.4, 0.5) is 4.39 Å². The van der Waals surface area contributed by atoms with Crippen molar-refractivity contribution in [1.82, 2.24) is 14.7 Å². The highest BCUT2D eigenvalue weighted by atomic mass is 19.1. The van der Waals surface area contributed by atoms with Crippen LogP contribution < -0.4 is 0 Å². The largest absolute Gasteiger partial charge is 0.388 e. The van der Waals surface area contributed by atoms with Crippen LogP contribution in [0.15, 0.2) is 24.3 Å². The van der Waals surface area contributed by atoms with Crippen LogP contribution in [0.3, 0.4) is 0 Å². The Hall–Kier alpha value is -1.50. The van der Waals surface area contributed by atoms with Gasteiger partial charge in [0.1, 0.15) is 11.9 Å². The van der Waals surface area contributed by atoms with Gasteiger partial charge in [0.05, 0.1) is 5.60 Å². The maximum absolute atomic E-state index is 14.2. The number of nitrogens with zero attached hydrogens (tertiary/aromatic N) is 3. The number of benzene rings is 1. The molecule has 26 heavy (non-hydrogen) atoms. The Morgan fingerprint density at radius 3 is 2.38 bits per heavy atom. The summed E-state index contributed by atoms with van der Waals surface area (Å²) in [6, 6.07) is 5.82. The quantitative estimate of drug-likeness (QED) is 0.868. The molecule has 0 aromatic heterocycles. The van der Waals surface area contributed by atoms with Crippen molar-refractivity contribution >= 4 is 5.91 Å². The van der Waals surface area contributed by atoms with Crippen molar-refractivity contribution in [2.75, 3.05) is 46.8 Å². The molecule has 6 heteroatoms. The van der Waals surface area contributed by atoms with Crippen molar-refractivity contribution in [2.24, 2.45) is 0 Å². The predicted octanol–water partition coefficient (Wildman–Crippen LogP) is 1.88. The van der Waals surface area contributed by atoms with Crippen molar-refractivity contribution in [2.45, 2.75) is 37.3 Å². The minimum absolute atomic E-state index is 0.0941. The van der Waals surface area contributed by atoms with Gasteiger partial charge in [-0.1, -0.05) is 18.2 Å². The summed E-state index contributed by atoms with van der Waals surface area (Å²) in [6.45, 7) is 3.84. The van der Waals surface area contributed by atoms with Gasteiger partial charge in [0, 0.05) is 25.2 Å². The number of hydrogen-bond acceptors (Lipinski definition) is 4. The molecule has 0 unspecified atom stereocenters. The SMILES string of the molecule is CN(C)[C@H](C(=O)N1CCC(O)(CN2CCCC2)CC1)c1ccccc1F. The molecular formula is C20H30FN3O2. The molecule has 144 valence electrons. The Morgan fingerprint density at radius 1 is 1.19 bits per heavy atom. The third kappa shape index (κ3) is 4.24. The first-order valence-corrected chi connectivity index (χ1v) is 9.54. The van der Waals surface area contributed by atoms with Gasteiger partial charge in [-0.3, -0.25) is 9.69 Å². The second-order valence-electron chi connectivity index (χ2n) is 7.92. The second kappa shape index (κ2) is 8.03. The zero-order chi connectivity index (χ0) is 18.7. The molecule has 2 aliphatic rings. The van der Waals surface area contributed by atoms with E-state index in [0.29, 0.717) is 38.0 Å². The first-order chi connectivity index (χ1) is 12.4. The number of rotatable bonds is 5. The molecule has 1 aromatic rings. The Morgan fingerprint density at radius 2 is 1.81 bits per heavy atom. The van der Waals surface area contributed by atoms with E-state index >= 15 is 0 Å². The molecule has 0 bridgehead atoms. The van der Waals surface area contributed by atoms with Crippen LogP contribution in [0.5, 0.6) is 0 Å². The smallest absolute Gasteiger partial charge is 0.244 e.